The molecule has 0 bridgehead atoms. The van der Waals surface area contributed by atoms with Crippen LogP contribution < -0.4 is 9.62 Å². The summed E-state index contributed by atoms with van der Waals surface area (Å²) >= 11 is 18.3. The number of anilines is 1. The van der Waals surface area contributed by atoms with E-state index in [1.807, 2.05) is 6.92 Å². The van der Waals surface area contributed by atoms with Gasteiger partial charge in [0, 0.05) is 28.7 Å². The number of halogens is 3. The average molecular weight is 583 g/mol. The molecule has 0 radical (unpaired) electrons. The van der Waals surface area contributed by atoms with Crippen LogP contribution in [0.2, 0.25) is 15.1 Å². The zero-order valence-corrected chi connectivity index (χ0v) is 23.5. The first-order valence-corrected chi connectivity index (χ1v) is 13.8. The number of rotatable bonds is 9. The molecule has 11 heteroatoms. The monoisotopic (exact) mass is 581 g/mol. The van der Waals surface area contributed by atoms with Gasteiger partial charge in [0.2, 0.25) is 11.8 Å². The van der Waals surface area contributed by atoms with Crippen molar-refractivity contribution in [2.75, 3.05) is 17.9 Å². The van der Waals surface area contributed by atoms with E-state index in [-0.39, 0.29) is 11.4 Å². The highest BCUT2D eigenvalue weighted by atomic mass is 35.5. The molecule has 0 fully saturated rings. The van der Waals surface area contributed by atoms with Crippen LogP contribution in [0.1, 0.15) is 18.1 Å². The molecule has 1 atom stereocenters. The van der Waals surface area contributed by atoms with Gasteiger partial charge in [-0.3, -0.25) is 13.9 Å². The van der Waals surface area contributed by atoms with Crippen LogP contribution in [0.25, 0.3) is 0 Å². The molecule has 0 aliphatic carbocycles. The number of benzene rings is 3. The molecule has 7 nitrogen and oxygen atoms in total. The lowest BCUT2D eigenvalue weighted by Crippen LogP contribution is -2.50. The average Bonchev–Trinajstić information content (AvgIpc) is 2.86. The molecule has 0 unspecified atom stereocenters. The van der Waals surface area contributed by atoms with Crippen molar-refractivity contribution in [2.24, 2.45) is 0 Å². The van der Waals surface area contributed by atoms with E-state index in [2.05, 4.69) is 5.32 Å². The number of likely N-dealkylation sites (N-methyl/N-ethyl adjacent to an activating group) is 1. The van der Waals surface area contributed by atoms with Gasteiger partial charge in [-0.2, -0.15) is 0 Å². The number of amides is 2. The number of nitrogens with one attached hydrogen (secondary N) is 1. The molecule has 0 saturated heterocycles. The third-order valence-electron chi connectivity index (χ3n) is 5.77. The number of carbonyl (C=O) groups excluding carboxylic acids is 2. The molecule has 3 rings (SSSR count). The zero-order valence-electron chi connectivity index (χ0n) is 20.4. The number of hydrogen-bond donors (Lipinski definition) is 1. The molecule has 0 saturated carbocycles. The van der Waals surface area contributed by atoms with E-state index < -0.39 is 34.4 Å². The number of nitrogens with zero attached hydrogens (tertiary/aromatic N) is 2. The van der Waals surface area contributed by atoms with Crippen LogP contribution in [0.3, 0.4) is 0 Å². The molecule has 3 aromatic carbocycles. The summed E-state index contributed by atoms with van der Waals surface area (Å²) in [7, 11) is -2.71. The van der Waals surface area contributed by atoms with E-state index in [9.17, 15) is 18.0 Å². The van der Waals surface area contributed by atoms with Crippen LogP contribution in [0, 0.1) is 6.92 Å². The smallest absolute Gasteiger partial charge is 0.264 e. The standard InChI is InChI=1S/C26H26Cl3N3O4S/c1-17-4-10-22(11-5-17)32(37(35,36)23-12-8-20(27)9-13-23)16-25(33)31(18(2)26(34)30-3)15-19-6-7-21(28)14-24(19)29/h4-14,18H,15-16H2,1-3H3,(H,30,34)/t18-/m0/s1. The molecule has 0 aromatic heterocycles. The Labute approximate surface area is 232 Å². The van der Waals surface area contributed by atoms with Gasteiger partial charge in [0.25, 0.3) is 10.0 Å². The van der Waals surface area contributed by atoms with Crippen molar-refractivity contribution >= 4 is 62.3 Å². The van der Waals surface area contributed by atoms with E-state index in [1.54, 1.807) is 43.3 Å². The van der Waals surface area contributed by atoms with Crippen LogP contribution in [0.4, 0.5) is 5.69 Å². The van der Waals surface area contributed by atoms with Gasteiger partial charge in [-0.05, 0) is 67.9 Å². The highest BCUT2D eigenvalue weighted by Crippen LogP contribution is 2.27. The fourth-order valence-electron chi connectivity index (χ4n) is 3.60. The largest absolute Gasteiger partial charge is 0.357 e. The molecule has 1 N–H and O–H groups in total. The highest BCUT2D eigenvalue weighted by molar-refractivity contribution is 7.92. The zero-order chi connectivity index (χ0) is 27.3. The third-order valence-corrected chi connectivity index (χ3v) is 8.40. The summed E-state index contributed by atoms with van der Waals surface area (Å²) in [5.74, 6) is -1.01. The van der Waals surface area contributed by atoms with Gasteiger partial charge in [0.05, 0.1) is 10.6 Å². The first kappa shape index (κ1) is 28.8. The second-order valence-electron chi connectivity index (χ2n) is 8.35. The van der Waals surface area contributed by atoms with Crippen LogP contribution in [0.5, 0.6) is 0 Å². The van der Waals surface area contributed by atoms with Gasteiger partial charge in [-0.1, -0.05) is 58.6 Å². The summed E-state index contributed by atoms with van der Waals surface area (Å²) in [5, 5.41) is 3.65. The molecule has 0 heterocycles. The summed E-state index contributed by atoms with van der Waals surface area (Å²) in [4.78, 5) is 27.5. The lowest BCUT2D eigenvalue weighted by atomic mass is 10.1. The first-order chi connectivity index (χ1) is 17.4. The van der Waals surface area contributed by atoms with Crippen LogP contribution in [-0.2, 0) is 26.2 Å². The molecule has 0 aliphatic heterocycles. The van der Waals surface area contributed by atoms with E-state index >= 15 is 0 Å². The Kier molecular flexibility index (Phi) is 9.47. The van der Waals surface area contributed by atoms with E-state index in [1.165, 1.54) is 42.3 Å². The van der Waals surface area contributed by atoms with Crippen molar-refractivity contribution in [3.63, 3.8) is 0 Å². The van der Waals surface area contributed by atoms with Crippen LogP contribution in [-0.4, -0.2) is 44.8 Å². The SMILES string of the molecule is CNC(=O)[C@H](C)N(Cc1ccc(Cl)cc1Cl)C(=O)CN(c1ccc(C)cc1)S(=O)(=O)c1ccc(Cl)cc1. The Hall–Kier alpha value is -2.78. The summed E-state index contributed by atoms with van der Waals surface area (Å²) in [6, 6.07) is 16.3. The van der Waals surface area contributed by atoms with Crippen molar-refractivity contribution in [3.8, 4) is 0 Å². The molecule has 0 spiro atoms. The van der Waals surface area contributed by atoms with Gasteiger partial charge >= 0.3 is 0 Å². The Balaban J connectivity index is 2.04. The summed E-state index contributed by atoms with van der Waals surface area (Å²) < 4.78 is 28.4. The summed E-state index contributed by atoms with van der Waals surface area (Å²) in [6.07, 6.45) is 0. The summed E-state index contributed by atoms with van der Waals surface area (Å²) in [5.41, 5.74) is 1.77. The van der Waals surface area contributed by atoms with Crippen LogP contribution in [0.15, 0.2) is 71.6 Å². The Morgan fingerprint density at radius 1 is 0.919 bits per heavy atom. The van der Waals surface area contributed by atoms with Crippen LogP contribution >= 0.6 is 34.8 Å². The molecule has 3 aromatic rings. The van der Waals surface area contributed by atoms with E-state index in [4.69, 9.17) is 34.8 Å². The number of hydrogen-bond acceptors (Lipinski definition) is 4. The quantitative estimate of drug-likeness (QED) is 0.370. The maximum absolute atomic E-state index is 13.7. The minimum absolute atomic E-state index is 0.0306. The molecule has 0 aliphatic rings. The fourth-order valence-corrected chi connectivity index (χ4v) is 5.61. The number of sulfonamides is 1. The van der Waals surface area contributed by atoms with Crippen molar-refractivity contribution in [3.05, 3.63) is 92.9 Å². The second-order valence-corrected chi connectivity index (χ2v) is 11.5. The summed E-state index contributed by atoms with van der Waals surface area (Å²) in [6.45, 7) is 2.84. The van der Waals surface area contributed by atoms with E-state index in [0.29, 0.717) is 26.3 Å². The fraction of sp³-hybridized carbons (Fsp3) is 0.231. The highest BCUT2D eigenvalue weighted by Gasteiger charge is 2.32. The molecule has 37 heavy (non-hydrogen) atoms. The molecular formula is C26H26Cl3N3O4S. The second kappa shape index (κ2) is 12.2. The molecule has 2 amide bonds. The first-order valence-electron chi connectivity index (χ1n) is 11.2. The normalized spacial score (nSPS) is 12.1. The maximum atomic E-state index is 13.7. The molecule has 196 valence electrons. The van der Waals surface area contributed by atoms with Gasteiger partial charge in [-0.25, -0.2) is 8.42 Å². The predicted molar refractivity (Wildman–Crippen MR) is 148 cm³/mol. The number of aryl methyl sites for hydroxylation is 1. The minimum atomic E-state index is -4.17. The lowest BCUT2D eigenvalue weighted by Gasteiger charge is -2.32. The lowest BCUT2D eigenvalue weighted by molar-refractivity contribution is -0.139. The van der Waals surface area contributed by atoms with Gasteiger partial charge in [-0.15, -0.1) is 0 Å². The predicted octanol–water partition coefficient (Wildman–Crippen LogP) is 5.31. The Morgan fingerprint density at radius 3 is 2.08 bits per heavy atom. The Bertz CT molecular complexity index is 1380. The van der Waals surface area contributed by atoms with Crippen molar-refractivity contribution < 1.29 is 18.0 Å². The topological polar surface area (TPSA) is 86.8 Å². The van der Waals surface area contributed by atoms with Gasteiger partial charge in [0.15, 0.2) is 0 Å². The van der Waals surface area contributed by atoms with E-state index in [0.717, 1.165) is 9.87 Å². The van der Waals surface area contributed by atoms with Crippen molar-refractivity contribution in [1.29, 1.82) is 0 Å². The molecular weight excluding hydrogens is 557 g/mol. The Morgan fingerprint density at radius 2 is 1.51 bits per heavy atom. The number of carbonyl (C=O) groups is 2. The maximum Gasteiger partial charge on any atom is 0.264 e. The third kappa shape index (κ3) is 6.96. The van der Waals surface area contributed by atoms with Crippen molar-refractivity contribution in [1.82, 2.24) is 10.2 Å². The van der Waals surface area contributed by atoms with Crippen molar-refractivity contribution in [2.45, 2.75) is 31.3 Å². The van der Waals surface area contributed by atoms with Gasteiger partial charge in [0.1, 0.15) is 12.6 Å². The van der Waals surface area contributed by atoms with Gasteiger partial charge < -0.3 is 10.2 Å². The minimum Gasteiger partial charge on any atom is -0.357 e.